The monoisotopic (exact) mass is 280 g/mol. The molecule has 3 nitrogen and oxygen atoms in total. The maximum absolute atomic E-state index is 12.7. The zero-order valence-corrected chi connectivity index (χ0v) is 12.2. The number of fused-ring (bicyclic) bond motifs is 1. The smallest absolute Gasteiger partial charge is 0.158 e. The Kier molecular flexibility index (Phi) is 3.76. The van der Waals surface area contributed by atoms with Crippen molar-refractivity contribution >= 4 is 11.5 Å². The summed E-state index contributed by atoms with van der Waals surface area (Å²) >= 11 is 0. The summed E-state index contributed by atoms with van der Waals surface area (Å²) in [6, 6.07) is 13.7. The lowest BCUT2D eigenvalue weighted by Crippen LogP contribution is -2.36. The third-order valence-corrected chi connectivity index (χ3v) is 4.17. The van der Waals surface area contributed by atoms with Gasteiger partial charge in [-0.15, -0.1) is 0 Å². The van der Waals surface area contributed by atoms with Crippen molar-refractivity contribution in [2.45, 2.75) is 25.8 Å². The molecule has 0 bridgehead atoms. The van der Waals surface area contributed by atoms with E-state index in [0.717, 1.165) is 29.8 Å². The zero-order chi connectivity index (χ0) is 14.8. The van der Waals surface area contributed by atoms with Crippen LogP contribution in [0.1, 0.15) is 28.3 Å². The molecule has 3 rings (SSSR count). The first-order chi connectivity index (χ1) is 10.1. The number of ketones is 1. The average molecular weight is 280 g/mol. The summed E-state index contributed by atoms with van der Waals surface area (Å²) < 4.78 is 0. The number of hydrogen-bond acceptors (Lipinski definition) is 3. The van der Waals surface area contributed by atoms with E-state index < -0.39 is 0 Å². The Morgan fingerprint density at radius 1 is 1.29 bits per heavy atom. The summed E-state index contributed by atoms with van der Waals surface area (Å²) in [4.78, 5) is 12.7. The molecule has 1 atom stereocenters. The number of benzene rings is 2. The highest BCUT2D eigenvalue weighted by molar-refractivity contribution is 5.88. The van der Waals surface area contributed by atoms with Crippen molar-refractivity contribution in [2.75, 3.05) is 12.3 Å². The summed E-state index contributed by atoms with van der Waals surface area (Å²) in [5, 5.41) is 3.34. The Morgan fingerprint density at radius 3 is 2.90 bits per heavy atom. The summed E-state index contributed by atoms with van der Waals surface area (Å²) in [6.45, 7) is 2.87. The number of hydrogen-bond donors (Lipinski definition) is 2. The Morgan fingerprint density at radius 2 is 2.10 bits per heavy atom. The number of rotatable bonds is 3. The van der Waals surface area contributed by atoms with Crippen molar-refractivity contribution in [1.82, 2.24) is 5.32 Å². The fourth-order valence-electron chi connectivity index (χ4n) is 2.97. The van der Waals surface area contributed by atoms with Gasteiger partial charge in [-0.1, -0.05) is 30.3 Å². The molecule has 1 aliphatic heterocycles. The first-order valence-corrected chi connectivity index (χ1v) is 7.34. The number of nitrogens with one attached hydrogen (secondary N) is 1. The van der Waals surface area contributed by atoms with Crippen LogP contribution in [0, 0.1) is 6.92 Å². The molecular formula is C18H20N2O. The Bertz CT molecular complexity index is 679. The largest absolute Gasteiger partial charge is 0.399 e. The highest BCUT2D eigenvalue weighted by atomic mass is 16.1. The molecule has 0 fully saturated rings. The van der Waals surface area contributed by atoms with Crippen LogP contribution in [0.5, 0.6) is 0 Å². The molecule has 108 valence electrons. The molecule has 0 amide bonds. The fraction of sp³-hybridized carbons (Fsp3) is 0.278. The summed E-state index contributed by atoms with van der Waals surface area (Å²) in [6.07, 6.45) is 1.39. The van der Waals surface area contributed by atoms with E-state index in [1.807, 2.05) is 49.4 Å². The molecule has 0 aliphatic carbocycles. The van der Waals surface area contributed by atoms with Gasteiger partial charge in [0.15, 0.2) is 5.78 Å². The van der Waals surface area contributed by atoms with Gasteiger partial charge in [-0.2, -0.15) is 0 Å². The topological polar surface area (TPSA) is 55.1 Å². The Balaban J connectivity index is 1.85. The van der Waals surface area contributed by atoms with Crippen molar-refractivity contribution in [3.05, 3.63) is 64.7 Å². The third kappa shape index (κ3) is 2.83. The van der Waals surface area contributed by atoms with Crippen molar-refractivity contribution < 1.29 is 4.79 Å². The van der Waals surface area contributed by atoms with Gasteiger partial charge in [-0.05, 0) is 47.7 Å². The van der Waals surface area contributed by atoms with E-state index in [1.165, 1.54) is 11.1 Å². The summed E-state index contributed by atoms with van der Waals surface area (Å²) in [5.74, 6) is 0.218. The molecule has 3 N–H and O–H groups in total. The van der Waals surface area contributed by atoms with Gasteiger partial charge in [0.25, 0.3) is 0 Å². The molecule has 3 heteroatoms. The SMILES string of the molecule is Cc1ccccc1CC(=O)C1NCCc2cc(N)ccc21. The van der Waals surface area contributed by atoms with E-state index in [4.69, 9.17) is 5.73 Å². The lowest BCUT2D eigenvalue weighted by molar-refractivity contribution is -0.120. The van der Waals surface area contributed by atoms with Gasteiger partial charge >= 0.3 is 0 Å². The molecule has 0 spiro atoms. The van der Waals surface area contributed by atoms with Crippen LogP contribution in [0.25, 0.3) is 0 Å². The molecule has 0 radical (unpaired) electrons. The Labute approximate surface area is 125 Å². The summed E-state index contributed by atoms with van der Waals surface area (Å²) in [7, 11) is 0. The number of Topliss-reactive ketones (excluding diaryl/α,β-unsaturated/α-hetero) is 1. The van der Waals surface area contributed by atoms with Crippen LogP contribution in [0.4, 0.5) is 5.69 Å². The lowest BCUT2D eigenvalue weighted by atomic mass is 9.89. The number of carbonyl (C=O) groups excluding carboxylic acids is 1. The first kappa shape index (κ1) is 13.8. The molecule has 1 aliphatic rings. The van der Waals surface area contributed by atoms with E-state index in [2.05, 4.69) is 5.32 Å². The van der Waals surface area contributed by atoms with Crippen LogP contribution in [0.15, 0.2) is 42.5 Å². The van der Waals surface area contributed by atoms with Crippen molar-refractivity contribution in [3.8, 4) is 0 Å². The predicted octanol–water partition coefficient (Wildman–Crippen LogP) is 2.58. The van der Waals surface area contributed by atoms with Gasteiger partial charge in [-0.3, -0.25) is 4.79 Å². The second kappa shape index (κ2) is 5.70. The maximum atomic E-state index is 12.7. The highest BCUT2D eigenvalue weighted by Gasteiger charge is 2.26. The van der Waals surface area contributed by atoms with Crippen molar-refractivity contribution in [3.63, 3.8) is 0 Å². The first-order valence-electron chi connectivity index (χ1n) is 7.34. The zero-order valence-electron chi connectivity index (χ0n) is 12.2. The van der Waals surface area contributed by atoms with Crippen LogP contribution in [0.3, 0.4) is 0 Å². The van der Waals surface area contributed by atoms with Crippen LogP contribution < -0.4 is 11.1 Å². The second-order valence-electron chi connectivity index (χ2n) is 5.66. The minimum atomic E-state index is -0.214. The molecule has 2 aromatic rings. The lowest BCUT2D eigenvalue weighted by Gasteiger charge is -2.26. The number of nitrogen functional groups attached to an aromatic ring is 1. The molecule has 0 saturated heterocycles. The fourth-order valence-corrected chi connectivity index (χ4v) is 2.97. The minimum absolute atomic E-state index is 0.214. The molecule has 21 heavy (non-hydrogen) atoms. The molecule has 0 aromatic heterocycles. The highest BCUT2D eigenvalue weighted by Crippen LogP contribution is 2.26. The van der Waals surface area contributed by atoms with E-state index in [1.54, 1.807) is 0 Å². The standard InChI is InChI=1S/C18H20N2O/c1-12-4-2-3-5-13(12)11-17(21)18-16-7-6-15(19)10-14(16)8-9-20-18/h2-7,10,18,20H,8-9,11,19H2,1H3. The van der Waals surface area contributed by atoms with Gasteiger partial charge in [-0.25, -0.2) is 0 Å². The second-order valence-corrected chi connectivity index (χ2v) is 5.66. The summed E-state index contributed by atoms with van der Waals surface area (Å²) in [5.41, 5.74) is 11.1. The van der Waals surface area contributed by atoms with Gasteiger partial charge in [0, 0.05) is 18.7 Å². The van der Waals surface area contributed by atoms with Gasteiger partial charge in [0.1, 0.15) is 0 Å². The van der Waals surface area contributed by atoms with Crippen LogP contribution in [-0.4, -0.2) is 12.3 Å². The molecule has 2 aromatic carbocycles. The molecule has 1 heterocycles. The third-order valence-electron chi connectivity index (χ3n) is 4.17. The molecular weight excluding hydrogens is 260 g/mol. The number of anilines is 1. The van der Waals surface area contributed by atoms with Crippen molar-refractivity contribution in [1.29, 1.82) is 0 Å². The van der Waals surface area contributed by atoms with Crippen LogP contribution in [0.2, 0.25) is 0 Å². The minimum Gasteiger partial charge on any atom is -0.399 e. The number of aryl methyl sites for hydroxylation is 1. The normalized spacial score (nSPS) is 17.3. The average Bonchev–Trinajstić information content (AvgIpc) is 2.48. The predicted molar refractivity (Wildman–Crippen MR) is 85.2 cm³/mol. The van der Waals surface area contributed by atoms with Gasteiger partial charge < -0.3 is 11.1 Å². The van der Waals surface area contributed by atoms with Crippen LogP contribution >= 0.6 is 0 Å². The Hall–Kier alpha value is -2.13. The van der Waals surface area contributed by atoms with E-state index in [-0.39, 0.29) is 11.8 Å². The molecule has 1 unspecified atom stereocenters. The maximum Gasteiger partial charge on any atom is 0.158 e. The number of carbonyl (C=O) groups is 1. The van der Waals surface area contributed by atoms with Crippen LogP contribution in [-0.2, 0) is 17.6 Å². The quantitative estimate of drug-likeness (QED) is 0.850. The molecule has 0 saturated carbocycles. The van der Waals surface area contributed by atoms with Gasteiger partial charge in [0.2, 0.25) is 0 Å². The van der Waals surface area contributed by atoms with E-state index in [0.29, 0.717) is 6.42 Å². The number of nitrogens with two attached hydrogens (primary N) is 1. The van der Waals surface area contributed by atoms with Crippen molar-refractivity contribution in [2.24, 2.45) is 0 Å². The van der Waals surface area contributed by atoms with Gasteiger partial charge in [0.05, 0.1) is 6.04 Å². The van der Waals surface area contributed by atoms with E-state index in [9.17, 15) is 4.79 Å². The van der Waals surface area contributed by atoms with E-state index >= 15 is 0 Å².